The summed E-state index contributed by atoms with van der Waals surface area (Å²) in [5.41, 5.74) is -0.0777. The van der Waals surface area contributed by atoms with Crippen molar-refractivity contribution in [3.63, 3.8) is 0 Å². The minimum absolute atomic E-state index is 0.0710. The number of ether oxygens (including phenoxy) is 1. The van der Waals surface area contributed by atoms with E-state index in [1.165, 1.54) is 18.3 Å². The van der Waals surface area contributed by atoms with Gasteiger partial charge in [-0.3, -0.25) is 0 Å². The van der Waals surface area contributed by atoms with Crippen molar-refractivity contribution < 1.29 is 13.9 Å². The average Bonchev–Trinajstić information content (AvgIpc) is 2.32. The number of hydrogen-bond acceptors (Lipinski definition) is 3. The van der Waals surface area contributed by atoms with Gasteiger partial charge in [-0.1, -0.05) is 6.92 Å². The monoisotopic (exact) mass is 237 g/mol. The van der Waals surface area contributed by atoms with Gasteiger partial charge in [-0.15, -0.1) is 0 Å². The van der Waals surface area contributed by atoms with Crippen LogP contribution in [-0.4, -0.2) is 17.1 Å². The van der Waals surface area contributed by atoms with Gasteiger partial charge in [-0.05, 0) is 43.7 Å². The molecule has 0 saturated heterocycles. The van der Waals surface area contributed by atoms with Crippen LogP contribution in [0, 0.1) is 11.9 Å². The van der Waals surface area contributed by atoms with Crippen LogP contribution in [-0.2, 0) is 4.74 Å². The van der Waals surface area contributed by atoms with E-state index in [0.717, 1.165) is 25.7 Å². The summed E-state index contributed by atoms with van der Waals surface area (Å²) in [6.07, 6.45) is 5.11. The van der Waals surface area contributed by atoms with Gasteiger partial charge in [0, 0.05) is 6.20 Å². The summed E-state index contributed by atoms with van der Waals surface area (Å²) in [5, 5.41) is 0. The summed E-state index contributed by atoms with van der Waals surface area (Å²) in [4.78, 5) is 15.2. The molecule has 2 rings (SSSR count). The van der Waals surface area contributed by atoms with Crippen molar-refractivity contribution in [3.05, 3.63) is 29.8 Å². The predicted molar refractivity (Wildman–Crippen MR) is 61.0 cm³/mol. The lowest BCUT2D eigenvalue weighted by Crippen LogP contribution is -2.24. The third-order valence-corrected chi connectivity index (χ3v) is 3.22. The van der Waals surface area contributed by atoms with E-state index in [2.05, 4.69) is 11.9 Å². The molecule has 1 fully saturated rings. The van der Waals surface area contributed by atoms with E-state index in [4.69, 9.17) is 4.74 Å². The van der Waals surface area contributed by atoms with E-state index < -0.39 is 11.9 Å². The van der Waals surface area contributed by atoms with Crippen molar-refractivity contribution in [1.29, 1.82) is 0 Å². The van der Waals surface area contributed by atoms with Gasteiger partial charge < -0.3 is 4.74 Å². The van der Waals surface area contributed by atoms with Crippen molar-refractivity contribution in [2.75, 3.05) is 0 Å². The summed E-state index contributed by atoms with van der Waals surface area (Å²) in [6, 6.07) is 2.93. The van der Waals surface area contributed by atoms with Crippen LogP contribution in [0.5, 0.6) is 0 Å². The van der Waals surface area contributed by atoms with E-state index in [1.807, 2.05) is 0 Å². The second-order valence-electron chi connectivity index (χ2n) is 4.63. The first-order valence-corrected chi connectivity index (χ1v) is 5.98. The van der Waals surface area contributed by atoms with E-state index in [9.17, 15) is 9.18 Å². The molecule has 1 aromatic heterocycles. The number of esters is 1. The van der Waals surface area contributed by atoms with Crippen molar-refractivity contribution in [1.82, 2.24) is 4.98 Å². The zero-order chi connectivity index (χ0) is 12.3. The van der Waals surface area contributed by atoms with Crippen molar-refractivity contribution >= 4 is 5.97 Å². The number of nitrogens with zero attached hydrogens (tertiary/aromatic N) is 1. The summed E-state index contributed by atoms with van der Waals surface area (Å²) in [5.74, 6) is -0.670. The molecule has 0 bridgehead atoms. The molecule has 0 unspecified atom stereocenters. The number of carbonyl (C=O) groups excluding carboxylic acids is 1. The van der Waals surface area contributed by atoms with Crippen molar-refractivity contribution in [3.8, 4) is 0 Å². The van der Waals surface area contributed by atoms with Crippen LogP contribution in [0.25, 0.3) is 0 Å². The first kappa shape index (κ1) is 12.0. The van der Waals surface area contributed by atoms with Crippen LogP contribution in [0.1, 0.15) is 43.0 Å². The molecule has 1 saturated carbocycles. The zero-order valence-corrected chi connectivity index (χ0v) is 9.86. The van der Waals surface area contributed by atoms with E-state index in [-0.39, 0.29) is 11.7 Å². The number of aromatic nitrogens is 1. The maximum Gasteiger partial charge on any atom is 0.343 e. The highest BCUT2D eigenvalue weighted by Crippen LogP contribution is 2.26. The number of pyridine rings is 1. The molecular formula is C13H16FNO2. The molecule has 4 heteroatoms. The average molecular weight is 237 g/mol. The fraction of sp³-hybridized carbons (Fsp3) is 0.538. The second-order valence-corrected chi connectivity index (χ2v) is 4.63. The fourth-order valence-corrected chi connectivity index (χ4v) is 2.10. The molecule has 0 aromatic carbocycles. The Kier molecular flexibility index (Phi) is 3.71. The molecular weight excluding hydrogens is 221 g/mol. The molecule has 0 radical (unpaired) electrons. The van der Waals surface area contributed by atoms with Crippen LogP contribution < -0.4 is 0 Å². The van der Waals surface area contributed by atoms with Gasteiger partial charge in [-0.25, -0.2) is 9.78 Å². The SMILES string of the molecule is CC1CCC(OC(=O)c2cccnc2F)CC1. The van der Waals surface area contributed by atoms with E-state index >= 15 is 0 Å². The predicted octanol–water partition coefficient (Wildman–Crippen LogP) is 2.96. The summed E-state index contributed by atoms with van der Waals surface area (Å²) >= 11 is 0. The molecule has 0 amide bonds. The maximum absolute atomic E-state index is 13.2. The molecule has 0 spiro atoms. The number of hydrogen-bond donors (Lipinski definition) is 0. The fourth-order valence-electron chi connectivity index (χ4n) is 2.10. The molecule has 0 N–H and O–H groups in total. The zero-order valence-electron chi connectivity index (χ0n) is 9.86. The standard InChI is InChI=1S/C13H16FNO2/c1-9-4-6-10(7-5-9)17-13(16)11-3-2-8-15-12(11)14/h2-3,8-10H,4-7H2,1H3. The summed E-state index contributed by atoms with van der Waals surface area (Å²) in [7, 11) is 0. The lowest BCUT2D eigenvalue weighted by Gasteiger charge is -2.25. The molecule has 3 nitrogen and oxygen atoms in total. The van der Waals surface area contributed by atoms with Gasteiger partial charge in [0.05, 0.1) is 0 Å². The lowest BCUT2D eigenvalue weighted by molar-refractivity contribution is 0.0168. The van der Waals surface area contributed by atoms with Gasteiger partial charge in [-0.2, -0.15) is 4.39 Å². The number of rotatable bonds is 2. The Morgan fingerprint density at radius 3 is 2.76 bits per heavy atom. The minimum Gasteiger partial charge on any atom is -0.459 e. The topological polar surface area (TPSA) is 39.2 Å². The first-order chi connectivity index (χ1) is 8.16. The lowest BCUT2D eigenvalue weighted by atomic mass is 9.89. The molecule has 1 aliphatic carbocycles. The number of halogens is 1. The van der Waals surface area contributed by atoms with Gasteiger partial charge in [0.2, 0.25) is 5.95 Å². The highest BCUT2D eigenvalue weighted by molar-refractivity contribution is 5.89. The van der Waals surface area contributed by atoms with Gasteiger partial charge in [0.15, 0.2) is 0 Å². The van der Waals surface area contributed by atoms with Crippen LogP contribution >= 0.6 is 0 Å². The van der Waals surface area contributed by atoms with Gasteiger partial charge >= 0.3 is 5.97 Å². The molecule has 92 valence electrons. The molecule has 0 atom stereocenters. The van der Waals surface area contributed by atoms with Gasteiger partial charge in [0.1, 0.15) is 11.7 Å². The Hall–Kier alpha value is -1.45. The summed E-state index contributed by atoms with van der Waals surface area (Å²) < 4.78 is 18.5. The van der Waals surface area contributed by atoms with E-state index in [1.54, 1.807) is 0 Å². The third kappa shape index (κ3) is 3.02. The highest BCUT2D eigenvalue weighted by Gasteiger charge is 2.23. The number of carbonyl (C=O) groups is 1. The maximum atomic E-state index is 13.2. The van der Waals surface area contributed by atoms with Gasteiger partial charge in [0.25, 0.3) is 0 Å². The van der Waals surface area contributed by atoms with Crippen LogP contribution in [0.3, 0.4) is 0 Å². The largest absolute Gasteiger partial charge is 0.459 e. The first-order valence-electron chi connectivity index (χ1n) is 5.98. The van der Waals surface area contributed by atoms with E-state index in [0.29, 0.717) is 5.92 Å². The van der Waals surface area contributed by atoms with Crippen LogP contribution in [0.15, 0.2) is 18.3 Å². The normalized spacial score (nSPS) is 24.4. The van der Waals surface area contributed by atoms with Crippen molar-refractivity contribution in [2.45, 2.75) is 38.7 Å². The molecule has 0 aliphatic heterocycles. The minimum atomic E-state index is -0.762. The Balaban J connectivity index is 1.96. The molecule has 1 aliphatic rings. The molecule has 17 heavy (non-hydrogen) atoms. The Morgan fingerprint density at radius 2 is 2.12 bits per heavy atom. The smallest absolute Gasteiger partial charge is 0.343 e. The third-order valence-electron chi connectivity index (χ3n) is 3.22. The van der Waals surface area contributed by atoms with Crippen molar-refractivity contribution in [2.24, 2.45) is 5.92 Å². The summed E-state index contributed by atoms with van der Waals surface area (Å²) in [6.45, 7) is 2.19. The van der Waals surface area contributed by atoms with Crippen LogP contribution in [0.2, 0.25) is 0 Å². The molecule has 1 aromatic rings. The quantitative estimate of drug-likeness (QED) is 0.586. The van der Waals surface area contributed by atoms with Crippen LogP contribution in [0.4, 0.5) is 4.39 Å². The Labute approximate surface area is 100 Å². The Bertz CT molecular complexity index is 400. The Morgan fingerprint density at radius 1 is 1.41 bits per heavy atom. The highest BCUT2D eigenvalue weighted by atomic mass is 19.1. The second kappa shape index (κ2) is 5.25. The molecule has 1 heterocycles.